The Hall–Kier alpha value is -4.49. The van der Waals surface area contributed by atoms with Crippen molar-refractivity contribution in [1.29, 1.82) is 0 Å². The molecule has 1 amide bonds. The van der Waals surface area contributed by atoms with Crippen LogP contribution in [0, 0.1) is 0 Å². The van der Waals surface area contributed by atoms with Gasteiger partial charge < -0.3 is 9.47 Å². The molecule has 34 heavy (non-hydrogen) atoms. The van der Waals surface area contributed by atoms with Gasteiger partial charge in [0, 0.05) is 5.57 Å². The highest BCUT2D eigenvalue weighted by Crippen LogP contribution is 2.27. The molecule has 168 valence electrons. The van der Waals surface area contributed by atoms with Crippen molar-refractivity contribution in [2.75, 3.05) is 7.11 Å². The second-order valence-corrected chi connectivity index (χ2v) is 7.82. The minimum absolute atomic E-state index is 0.145. The maximum Gasteiger partial charge on any atom is 0.258 e. The first-order valence-electron chi connectivity index (χ1n) is 10.9. The zero-order valence-electron chi connectivity index (χ0n) is 19.2. The fourth-order valence-corrected chi connectivity index (χ4v) is 3.78. The molecule has 3 aromatic rings. The number of amides is 1. The van der Waals surface area contributed by atoms with Gasteiger partial charge in [-0.2, -0.15) is 0 Å². The molecule has 0 atom stereocenters. The maximum absolute atomic E-state index is 12.7. The van der Waals surface area contributed by atoms with E-state index in [4.69, 9.17) is 9.47 Å². The summed E-state index contributed by atoms with van der Waals surface area (Å²) < 4.78 is 11.3. The summed E-state index contributed by atoms with van der Waals surface area (Å²) in [4.78, 5) is 12.7. The van der Waals surface area contributed by atoms with Crippen molar-refractivity contribution < 1.29 is 14.3 Å². The van der Waals surface area contributed by atoms with E-state index < -0.39 is 0 Å². The summed E-state index contributed by atoms with van der Waals surface area (Å²) in [7, 11) is 1.67. The number of hydrogen-bond acceptors (Lipinski definition) is 3. The molecule has 0 spiro atoms. The second-order valence-electron chi connectivity index (χ2n) is 7.82. The number of carbonyl (C=O) groups is 1. The van der Waals surface area contributed by atoms with Gasteiger partial charge in [-0.1, -0.05) is 54.8 Å². The van der Waals surface area contributed by atoms with E-state index in [0.29, 0.717) is 11.3 Å². The van der Waals surface area contributed by atoms with Gasteiger partial charge in [0.1, 0.15) is 11.5 Å². The first kappa shape index (κ1) is 22.7. The topological polar surface area (TPSA) is 47.6 Å². The van der Waals surface area contributed by atoms with E-state index in [-0.39, 0.29) is 11.8 Å². The molecule has 4 heteroatoms. The van der Waals surface area contributed by atoms with Gasteiger partial charge in [0.15, 0.2) is 0 Å². The minimum atomic E-state index is -0.297. The molecule has 1 aliphatic rings. The molecule has 0 saturated heterocycles. The number of nitrogens with one attached hydrogen (secondary N) is 1. The Morgan fingerprint density at radius 2 is 1.85 bits per heavy atom. The molecular formula is C30H25NO3. The van der Waals surface area contributed by atoms with E-state index in [1.165, 1.54) is 11.1 Å². The zero-order valence-corrected chi connectivity index (χ0v) is 19.2. The van der Waals surface area contributed by atoms with Crippen molar-refractivity contribution in [3.63, 3.8) is 0 Å². The smallest absolute Gasteiger partial charge is 0.258 e. The second kappa shape index (κ2) is 10.4. The molecule has 3 aromatic carbocycles. The van der Waals surface area contributed by atoms with Crippen molar-refractivity contribution >= 4 is 16.7 Å². The van der Waals surface area contributed by atoms with Crippen LogP contribution in [-0.4, -0.2) is 13.0 Å². The monoisotopic (exact) mass is 447 g/mol. The van der Waals surface area contributed by atoms with E-state index in [2.05, 4.69) is 35.5 Å². The molecule has 0 saturated carbocycles. The zero-order chi connectivity index (χ0) is 23.9. The highest BCUT2D eigenvalue weighted by Gasteiger charge is 2.14. The van der Waals surface area contributed by atoms with Crippen LogP contribution >= 0.6 is 0 Å². The van der Waals surface area contributed by atoms with Crippen LogP contribution in [0.15, 0.2) is 120 Å². The predicted molar refractivity (Wildman–Crippen MR) is 136 cm³/mol. The van der Waals surface area contributed by atoms with Gasteiger partial charge in [-0.15, -0.1) is 5.73 Å². The molecule has 4 nitrogen and oxygen atoms in total. The molecule has 4 rings (SSSR count). The number of rotatable bonds is 7. The van der Waals surface area contributed by atoms with Crippen LogP contribution in [-0.2, 0) is 11.2 Å². The Balaban J connectivity index is 1.52. The fourth-order valence-electron chi connectivity index (χ4n) is 3.78. The van der Waals surface area contributed by atoms with Gasteiger partial charge in [0.25, 0.3) is 5.91 Å². The summed E-state index contributed by atoms with van der Waals surface area (Å²) in [5.74, 6) is 1.28. The summed E-state index contributed by atoms with van der Waals surface area (Å²) in [5.41, 5.74) is 9.37. The molecule has 0 bridgehead atoms. The first-order chi connectivity index (χ1) is 16.6. The van der Waals surface area contributed by atoms with E-state index in [1.54, 1.807) is 25.3 Å². The molecular weight excluding hydrogens is 422 g/mol. The lowest BCUT2D eigenvalue weighted by Crippen LogP contribution is -2.27. The van der Waals surface area contributed by atoms with E-state index >= 15 is 0 Å². The molecule has 0 aromatic heterocycles. The summed E-state index contributed by atoms with van der Waals surface area (Å²) in [6, 6.07) is 20.1. The van der Waals surface area contributed by atoms with Gasteiger partial charge in [-0.25, -0.2) is 0 Å². The Labute approximate surface area is 199 Å². The number of benzene rings is 3. The highest BCUT2D eigenvalue weighted by molar-refractivity contribution is 5.99. The van der Waals surface area contributed by atoms with Crippen molar-refractivity contribution in [2.45, 2.75) is 13.3 Å². The van der Waals surface area contributed by atoms with Gasteiger partial charge >= 0.3 is 0 Å². The van der Waals surface area contributed by atoms with Crippen LogP contribution in [0.5, 0.6) is 11.5 Å². The molecule has 1 N–H and O–H groups in total. The average molecular weight is 448 g/mol. The third kappa shape index (κ3) is 5.28. The van der Waals surface area contributed by atoms with Gasteiger partial charge in [-0.3, -0.25) is 10.1 Å². The van der Waals surface area contributed by atoms with Crippen LogP contribution in [0.3, 0.4) is 0 Å². The summed E-state index contributed by atoms with van der Waals surface area (Å²) >= 11 is 0. The van der Waals surface area contributed by atoms with E-state index in [9.17, 15) is 4.79 Å². The fraction of sp³-hybridized carbons (Fsp3) is 0.100. The number of ether oxygens (including phenoxy) is 2. The summed E-state index contributed by atoms with van der Waals surface area (Å²) in [5, 5.41) is 4.92. The lowest BCUT2D eigenvalue weighted by Gasteiger charge is -2.13. The first-order valence-corrected chi connectivity index (χ1v) is 10.9. The standard InChI is InChI=1S/C30H25NO3/c1-4-29(31-30(32)27-15-7-5-6-10-21(27)2)34-26-16-17-28-23(12-9-13-24(28)20-26)18-22-11-8-14-25(19-22)33-3/h6-17,19-20H,1,18H2,2-3H3,(H,31,32). The quantitative estimate of drug-likeness (QED) is 0.349. The number of methoxy groups -OCH3 is 1. The lowest BCUT2D eigenvalue weighted by molar-refractivity contribution is -0.117. The molecule has 0 aliphatic heterocycles. The minimum Gasteiger partial charge on any atom is -0.497 e. The normalized spacial score (nSPS) is 12.3. The Bertz CT molecular complexity index is 1430. The molecule has 1 aliphatic carbocycles. The van der Waals surface area contributed by atoms with E-state index in [1.807, 2.05) is 61.5 Å². The van der Waals surface area contributed by atoms with Crippen molar-refractivity contribution in [1.82, 2.24) is 5.32 Å². The van der Waals surface area contributed by atoms with Crippen molar-refractivity contribution in [3.05, 3.63) is 131 Å². The van der Waals surface area contributed by atoms with Crippen LogP contribution < -0.4 is 14.8 Å². The molecule has 0 fully saturated rings. The number of hydrogen-bond donors (Lipinski definition) is 1. The average Bonchev–Trinajstić information content (AvgIpc) is 3.08. The van der Waals surface area contributed by atoms with Crippen LogP contribution in [0.25, 0.3) is 10.8 Å². The maximum atomic E-state index is 12.7. The molecule has 0 unspecified atom stereocenters. The van der Waals surface area contributed by atoms with Crippen molar-refractivity contribution in [2.24, 2.45) is 0 Å². The van der Waals surface area contributed by atoms with Crippen molar-refractivity contribution in [3.8, 4) is 11.5 Å². The van der Waals surface area contributed by atoms with Gasteiger partial charge in [0.05, 0.1) is 7.11 Å². The SMILES string of the molecule is C=C=C(NC(=O)C1=CC=C=CC=C1C)Oc1ccc2c(Cc3cccc(OC)c3)cccc2c1. The molecule has 0 heterocycles. The Kier molecular flexibility index (Phi) is 6.95. The highest BCUT2D eigenvalue weighted by atomic mass is 16.5. The van der Waals surface area contributed by atoms with Crippen LogP contribution in [0.4, 0.5) is 0 Å². The van der Waals surface area contributed by atoms with Crippen LogP contribution in [0.2, 0.25) is 0 Å². The third-order valence-corrected chi connectivity index (χ3v) is 5.52. The van der Waals surface area contributed by atoms with Gasteiger partial charge in [0.2, 0.25) is 5.88 Å². The predicted octanol–water partition coefficient (Wildman–Crippen LogP) is 6.16. The third-order valence-electron chi connectivity index (χ3n) is 5.52. The number of allylic oxidation sites excluding steroid dienone is 3. The van der Waals surface area contributed by atoms with Crippen LogP contribution in [0.1, 0.15) is 18.1 Å². The summed E-state index contributed by atoms with van der Waals surface area (Å²) in [6.45, 7) is 5.53. The Morgan fingerprint density at radius 1 is 1.03 bits per heavy atom. The lowest BCUT2D eigenvalue weighted by atomic mass is 9.98. The van der Waals surface area contributed by atoms with E-state index in [0.717, 1.165) is 28.5 Å². The number of fused-ring (bicyclic) bond motifs is 1. The largest absolute Gasteiger partial charge is 0.497 e. The number of carbonyl (C=O) groups excluding carboxylic acids is 1. The molecule has 0 radical (unpaired) electrons. The Morgan fingerprint density at radius 3 is 2.68 bits per heavy atom. The van der Waals surface area contributed by atoms with Gasteiger partial charge in [-0.05, 0) is 83.3 Å². The summed E-state index contributed by atoms with van der Waals surface area (Å²) in [6.07, 6.45) is 7.80.